The average molecular weight is 290 g/mol. The summed E-state index contributed by atoms with van der Waals surface area (Å²) in [7, 11) is 0. The minimum atomic E-state index is -0.117. The molecule has 21 heavy (non-hydrogen) atoms. The first-order valence-electron chi connectivity index (χ1n) is 7.21. The number of anilines is 2. The van der Waals surface area contributed by atoms with Gasteiger partial charge in [-0.25, -0.2) is 0 Å². The van der Waals surface area contributed by atoms with Gasteiger partial charge in [-0.3, -0.25) is 9.59 Å². The second-order valence-corrected chi connectivity index (χ2v) is 5.27. The molecule has 0 aliphatic carbocycles. The lowest BCUT2D eigenvalue weighted by molar-refractivity contribution is -0.119. The van der Waals surface area contributed by atoms with E-state index >= 15 is 0 Å². The molecule has 0 spiro atoms. The molecule has 1 unspecified atom stereocenters. The Kier molecular flexibility index (Phi) is 4.67. The van der Waals surface area contributed by atoms with Crippen molar-refractivity contribution in [2.75, 3.05) is 30.3 Å². The summed E-state index contributed by atoms with van der Waals surface area (Å²) < 4.78 is 0. The molecule has 1 fully saturated rings. The third kappa shape index (κ3) is 3.65. The number of hydrogen-bond acceptors (Lipinski definition) is 4. The third-order valence-electron chi connectivity index (χ3n) is 3.56. The number of amides is 2. The van der Waals surface area contributed by atoms with Crippen molar-refractivity contribution < 1.29 is 9.59 Å². The minimum absolute atomic E-state index is 0.0126. The summed E-state index contributed by atoms with van der Waals surface area (Å²) >= 11 is 0. The first-order chi connectivity index (χ1) is 10.0. The highest BCUT2D eigenvalue weighted by atomic mass is 16.2. The van der Waals surface area contributed by atoms with Crippen LogP contribution in [0, 0.1) is 0 Å². The summed E-state index contributed by atoms with van der Waals surface area (Å²) in [5, 5.41) is 5.67. The molecule has 1 atom stereocenters. The normalized spacial score (nSPS) is 17.6. The fourth-order valence-corrected chi connectivity index (χ4v) is 2.63. The van der Waals surface area contributed by atoms with Crippen molar-refractivity contribution in [2.45, 2.75) is 26.3 Å². The Labute approximate surface area is 124 Å². The van der Waals surface area contributed by atoms with Gasteiger partial charge in [0, 0.05) is 38.2 Å². The molecule has 2 amide bonds. The summed E-state index contributed by atoms with van der Waals surface area (Å²) in [6.45, 7) is 5.57. The summed E-state index contributed by atoms with van der Waals surface area (Å²) in [6, 6.07) is 5.51. The van der Waals surface area contributed by atoms with Gasteiger partial charge in [0.05, 0.1) is 11.4 Å². The van der Waals surface area contributed by atoms with Crippen LogP contribution in [0.4, 0.5) is 11.4 Å². The molecule has 1 heterocycles. The predicted molar refractivity (Wildman–Crippen MR) is 83.3 cm³/mol. The van der Waals surface area contributed by atoms with Crippen molar-refractivity contribution in [3.63, 3.8) is 0 Å². The molecule has 1 aromatic rings. The van der Waals surface area contributed by atoms with Gasteiger partial charge < -0.3 is 21.3 Å². The van der Waals surface area contributed by atoms with Crippen LogP contribution in [-0.2, 0) is 4.79 Å². The molecular weight excluding hydrogens is 268 g/mol. The molecule has 0 bridgehead atoms. The molecule has 1 aliphatic rings. The van der Waals surface area contributed by atoms with Gasteiger partial charge in [-0.05, 0) is 31.5 Å². The number of hydrogen-bond donors (Lipinski definition) is 3. The molecule has 2 rings (SSSR count). The first kappa shape index (κ1) is 15.2. The standard InChI is InChI=1S/C15H22N4O2/c1-3-17-15(21)11-4-5-14(13(16)8-11)19-7-6-12(9-19)18-10(2)20/h4-5,8,12H,3,6-7,9,16H2,1-2H3,(H,17,21)(H,18,20). The summed E-state index contributed by atoms with van der Waals surface area (Å²) in [6.07, 6.45) is 0.900. The number of nitrogens with two attached hydrogens (primary N) is 1. The first-order valence-corrected chi connectivity index (χ1v) is 7.21. The molecule has 114 valence electrons. The summed E-state index contributed by atoms with van der Waals surface area (Å²) in [4.78, 5) is 25.0. The number of benzene rings is 1. The van der Waals surface area contributed by atoms with Crippen LogP contribution in [0.2, 0.25) is 0 Å². The third-order valence-corrected chi connectivity index (χ3v) is 3.56. The van der Waals surface area contributed by atoms with Crippen LogP contribution in [0.5, 0.6) is 0 Å². The fourth-order valence-electron chi connectivity index (χ4n) is 2.63. The smallest absolute Gasteiger partial charge is 0.251 e. The summed E-state index contributed by atoms with van der Waals surface area (Å²) in [5.41, 5.74) is 8.14. The van der Waals surface area contributed by atoms with Gasteiger partial charge in [0.1, 0.15) is 0 Å². The molecular formula is C15H22N4O2. The van der Waals surface area contributed by atoms with Gasteiger partial charge in [0.25, 0.3) is 5.91 Å². The van der Waals surface area contributed by atoms with E-state index < -0.39 is 0 Å². The highest BCUT2D eigenvalue weighted by Crippen LogP contribution is 2.27. The van der Waals surface area contributed by atoms with Crippen LogP contribution in [0.15, 0.2) is 18.2 Å². The molecule has 1 aliphatic heterocycles. The van der Waals surface area contributed by atoms with Gasteiger partial charge >= 0.3 is 0 Å². The average Bonchev–Trinajstić information content (AvgIpc) is 2.86. The van der Waals surface area contributed by atoms with Crippen LogP contribution < -0.4 is 21.3 Å². The maximum absolute atomic E-state index is 11.8. The Hall–Kier alpha value is -2.24. The molecule has 1 aromatic carbocycles. The Bertz CT molecular complexity index is 544. The molecule has 0 saturated carbocycles. The minimum Gasteiger partial charge on any atom is -0.397 e. The van der Waals surface area contributed by atoms with E-state index in [0.29, 0.717) is 17.8 Å². The zero-order valence-electron chi connectivity index (χ0n) is 12.5. The van der Waals surface area contributed by atoms with Crippen molar-refractivity contribution in [1.82, 2.24) is 10.6 Å². The van der Waals surface area contributed by atoms with Crippen molar-refractivity contribution in [2.24, 2.45) is 0 Å². The molecule has 6 nitrogen and oxygen atoms in total. The van der Waals surface area contributed by atoms with Crippen molar-refractivity contribution in [3.8, 4) is 0 Å². The summed E-state index contributed by atoms with van der Waals surface area (Å²) in [5.74, 6) is -0.130. The zero-order chi connectivity index (χ0) is 15.4. The van der Waals surface area contributed by atoms with Crippen molar-refractivity contribution in [1.29, 1.82) is 0 Å². The maximum Gasteiger partial charge on any atom is 0.251 e. The number of nitrogen functional groups attached to an aromatic ring is 1. The van der Waals surface area contributed by atoms with E-state index in [1.807, 2.05) is 13.0 Å². The van der Waals surface area contributed by atoms with Crippen LogP contribution in [0.3, 0.4) is 0 Å². The van der Waals surface area contributed by atoms with E-state index in [4.69, 9.17) is 5.73 Å². The predicted octanol–water partition coefficient (Wildman–Crippen LogP) is 0.733. The van der Waals surface area contributed by atoms with Crippen molar-refractivity contribution >= 4 is 23.2 Å². The Morgan fingerprint density at radius 1 is 1.43 bits per heavy atom. The Morgan fingerprint density at radius 3 is 2.81 bits per heavy atom. The van der Waals surface area contributed by atoms with E-state index in [9.17, 15) is 9.59 Å². The molecule has 1 saturated heterocycles. The van der Waals surface area contributed by atoms with E-state index in [2.05, 4.69) is 15.5 Å². The Morgan fingerprint density at radius 2 is 2.19 bits per heavy atom. The lowest BCUT2D eigenvalue weighted by Crippen LogP contribution is -2.35. The number of rotatable bonds is 4. The highest BCUT2D eigenvalue weighted by molar-refractivity contribution is 5.96. The molecule has 4 N–H and O–H groups in total. The van der Waals surface area contributed by atoms with Gasteiger partial charge in [-0.15, -0.1) is 0 Å². The largest absolute Gasteiger partial charge is 0.397 e. The van der Waals surface area contributed by atoms with E-state index in [1.165, 1.54) is 6.92 Å². The van der Waals surface area contributed by atoms with Crippen molar-refractivity contribution in [3.05, 3.63) is 23.8 Å². The van der Waals surface area contributed by atoms with Crippen LogP contribution in [0.1, 0.15) is 30.6 Å². The lowest BCUT2D eigenvalue weighted by atomic mass is 10.1. The van der Waals surface area contributed by atoms with Gasteiger partial charge in [0.15, 0.2) is 0 Å². The van der Waals surface area contributed by atoms with E-state index in [0.717, 1.165) is 25.2 Å². The van der Waals surface area contributed by atoms with E-state index in [-0.39, 0.29) is 17.9 Å². The number of nitrogens with zero attached hydrogens (tertiary/aromatic N) is 1. The van der Waals surface area contributed by atoms with Gasteiger partial charge in [-0.2, -0.15) is 0 Å². The number of carbonyl (C=O) groups excluding carboxylic acids is 2. The Balaban J connectivity index is 2.08. The second kappa shape index (κ2) is 6.47. The molecule has 0 radical (unpaired) electrons. The van der Waals surface area contributed by atoms with Crippen LogP contribution in [0.25, 0.3) is 0 Å². The van der Waals surface area contributed by atoms with E-state index in [1.54, 1.807) is 12.1 Å². The topological polar surface area (TPSA) is 87.5 Å². The van der Waals surface area contributed by atoms with Gasteiger partial charge in [0.2, 0.25) is 5.91 Å². The van der Waals surface area contributed by atoms with Crippen LogP contribution >= 0.6 is 0 Å². The van der Waals surface area contributed by atoms with Crippen LogP contribution in [-0.4, -0.2) is 37.5 Å². The SMILES string of the molecule is CCNC(=O)c1ccc(N2CCC(NC(C)=O)C2)c(N)c1. The maximum atomic E-state index is 11.8. The highest BCUT2D eigenvalue weighted by Gasteiger charge is 2.24. The number of nitrogens with one attached hydrogen (secondary N) is 2. The molecule has 0 aromatic heterocycles. The fraction of sp³-hybridized carbons (Fsp3) is 0.467. The second-order valence-electron chi connectivity index (χ2n) is 5.27. The van der Waals surface area contributed by atoms with Gasteiger partial charge in [-0.1, -0.05) is 0 Å². The molecule has 6 heteroatoms. The lowest BCUT2D eigenvalue weighted by Gasteiger charge is -2.21. The number of carbonyl (C=O) groups is 2. The quantitative estimate of drug-likeness (QED) is 0.714. The monoisotopic (exact) mass is 290 g/mol. The zero-order valence-corrected chi connectivity index (χ0v) is 12.5.